The summed E-state index contributed by atoms with van der Waals surface area (Å²) in [7, 11) is -3.98. The van der Waals surface area contributed by atoms with Crippen molar-refractivity contribution in [2.75, 3.05) is 0 Å². The van der Waals surface area contributed by atoms with Gasteiger partial charge in [0.1, 0.15) is 17.2 Å². The number of rotatable bonds is 10. The lowest BCUT2D eigenvalue weighted by molar-refractivity contribution is -0.274. The van der Waals surface area contributed by atoms with E-state index in [9.17, 15) is 31.5 Å². The number of hydrogen-bond acceptors (Lipinski definition) is 7. The van der Waals surface area contributed by atoms with Crippen LogP contribution in [0.25, 0.3) is 22.0 Å². The van der Waals surface area contributed by atoms with Crippen molar-refractivity contribution < 1.29 is 45.5 Å². The van der Waals surface area contributed by atoms with Crippen molar-refractivity contribution in [1.29, 1.82) is 0 Å². The predicted octanol–water partition coefficient (Wildman–Crippen LogP) is 7.02. The Morgan fingerprint density at radius 1 is 0.957 bits per heavy atom. The molecular formula is C33H31F3N2O7S. The molecule has 0 saturated heterocycles. The van der Waals surface area contributed by atoms with Gasteiger partial charge in [0, 0.05) is 28.5 Å². The zero-order valence-corrected chi connectivity index (χ0v) is 25.3. The molecule has 0 aliphatic heterocycles. The highest BCUT2D eigenvalue weighted by molar-refractivity contribution is 7.89. The second kappa shape index (κ2) is 11.7. The molecule has 1 heterocycles. The van der Waals surface area contributed by atoms with Crippen molar-refractivity contribution in [3.63, 3.8) is 0 Å². The van der Waals surface area contributed by atoms with Gasteiger partial charge in [0.15, 0.2) is 0 Å². The number of para-hydroxylation sites is 1. The van der Waals surface area contributed by atoms with Crippen LogP contribution in [0, 0.1) is 11.8 Å². The van der Waals surface area contributed by atoms with E-state index < -0.39 is 22.4 Å². The van der Waals surface area contributed by atoms with Gasteiger partial charge in [-0.2, -0.15) is 0 Å². The van der Waals surface area contributed by atoms with Crippen molar-refractivity contribution in [2.24, 2.45) is 11.8 Å². The minimum Gasteiger partial charge on any atom is -0.478 e. The highest BCUT2D eigenvalue weighted by Gasteiger charge is 2.45. The first-order chi connectivity index (χ1) is 22.0. The van der Waals surface area contributed by atoms with Gasteiger partial charge >= 0.3 is 12.3 Å². The maximum atomic E-state index is 13.7. The summed E-state index contributed by atoms with van der Waals surface area (Å²) in [6, 6.07) is 14.7. The van der Waals surface area contributed by atoms with Crippen molar-refractivity contribution >= 4 is 26.8 Å². The van der Waals surface area contributed by atoms with E-state index in [0.717, 1.165) is 25.7 Å². The van der Waals surface area contributed by atoms with Crippen LogP contribution < -0.4 is 9.46 Å². The molecule has 2 bridgehead atoms. The van der Waals surface area contributed by atoms with Gasteiger partial charge in [-0.25, -0.2) is 17.9 Å². The Kier molecular flexibility index (Phi) is 7.81. The lowest BCUT2D eigenvalue weighted by Gasteiger charge is -2.35. The molecule has 3 aromatic carbocycles. The van der Waals surface area contributed by atoms with E-state index in [1.54, 1.807) is 30.3 Å². The van der Waals surface area contributed by atoms with E-state index in [1.807, 2.05) is 0 Å². The summed E-state index contributed by atoms with van der Waals surface area (Å²) in [5.74, 6) is -0.711. The summed E-state index contributed by atoms with van der Waals surface area (Å²) in [4.78, 5) is 11.8. The fraction of sp³-hybridized carbons (Fsp3) is 0.394. The molecule has 4 aromatic rings. The molecule has 46 heavy (non-hydrogen) atoms. The molecule has 242 valence electrons. The molecule has 0 amide bonds. The van der Waals surface area contributed by atoms with Crippen molar-refractivity contribution in [1.82, 2.24) is 9.88 Å². The molecule has 7 rings (SSSR count). The third kappa shape index (κ3) is 5.98. The molecule has 9 nitrogen and oxygen atoms in total. The van der Waals surface area contributed by atoms with Crippen LogP contribution in [-0.4, -0.2) is 43.2 Å². The van der Waals surface area contributed by atoms with E-state index in [-0.39, 0.29) is 64.0 Å². The van der Waals surface area contributed by atoms with Gasteiger partial charge in [-0.15, -0.1) is 13.2 Å². The number of ether oxygens (including phenoxy) is 2. The van der Waals surface area contributed by atoms with Crippen LogP contribution in [0.15, 0.2) is 70.1 Å². The van der Waals surface area contributed by atoms with E-state index >= 15 is 0 Å². The van der Waals surface area contributed by atoms with Crippen LogP contribution in [0.4, 0.5) is 13.2 Å². The lowest BCUT2D eigenvalue weighted by atomic mass is 9.83. The maximum absolute atomic E-state index is 13.7. The minimum atomic E-state index is -4.87. The summed E-state index contributed by atoms with van der Waals surface area (Å²) in [6.45, 7) is 0.0907. The second-order valence-corrected chi connectivity index (χ2v) is 14.0. The van der Waals surface area contributed by atoms with Crippen molar-refractivity contribution in [3.8, 4) is 17.0 Å². The Bertz CT molecular complexity index is 1890. The normalized spacial score (nSPS) is 23.1. The SMILES string of the molecule is O=C(O)c1ccc(S(=O)(=O)NC2C3CCC2CC(OCc2c(-c4ccccc4OC(F)(F)F)noc2C2CC2)C3)c2ccccc12. The average molecular weight is 657 g/mol. The van der Waals surface area contributed by atoms with Crippen LogP contribution >= 0.6 is 0 Å². The standard InChI is InChI=1S/C33H31F3N2O7S/c34-33(35,36)44-27-8-4-3-7-25(27)30-26(31(45-37-30)18-9-10-18)17-43-21-15-19-11-12-20(16-21)29(19)38-46(41,42)28-14-13-24(32(39)40)22-5-1-2-6-23(22)28/h1-8,13-14,18-21,29,38H,9-12,15-17H2,(H,39,40). The lowest BCUT2D eigenvalue weighted by Crippen LogP contribution is -2.46. The fourth-order valence-corrected chi connectivity index (χ4v) is 8.74. The number of sulfonamides is 1. The number of hydrogen-bond donors (Lipinski definition) is 2. The van der Waals surface area contributed by atoms with E-state index in [1.165, 1.54) is 30.3 Å². The third-order valence-electron chi connectivity index (χ3n) is 9.35. The van der Waals surface area contributed by atoms with Gasteiger partial charge in [-0.05, 0) is 80.0 Å². The predicted molar refractivity (Wildman–Crippen MR) is 160 cm³/mol. The highest BCUT2D eigenvalue weighted by atomic mass is 32.2. The first kappa shape index (κ1) is 30.7. The summed E-state index contributed by atoms with van der Waals surface area (Å²) in [5, 5.41) is 14.4. The summed E-state index contributed by atoms with van der Waals surface area (Å²) >= 11 is 0. The van der Waals surface area contributed by atoms with Gasteiger partial charge in [0.2, 0.25) is 10.0 Å². The van der Waals surface area contributed by atoms with Crippen LogP contribution in [-0.2, 0) is 21.4 Å². The Morgan fingerprint density at radius 3 is 2.30 bits per heavy atom. The molecule has 2 N–H and O–H groups in total. The smallest absolute Gasteiger partial charge is 0.478 e. The molecule has 0 radical (unpaired) electrons. The van der Waals surface area contributed by atoms with Gasteiger partial charge < -0.3 is 19.1 Å². The first-order valence-electron chi connectivity index (χ1n) is 15.2. The number of aromatic carboxylic acids is 1. The molecule has 3 aliphatic carbocycles. The number of fused-ring (bicyclic) bond motifs is 3. The molecule has 3 saturated carbocycles. The second-order valence-electron chi connectivity index (χ2n) is 12.3. The molecule has 2 atom stereocenters. The molecular weight excluding hydrogens is 625 g/mol. The number of nitrogens with one attached hydrogen (secondary N) is 1. The number of halogens is 3. The summed E-state index contributed by atoms with van der Waals surface area (Å²) in [6.07, 6.45) is -0.409. The topological polar surface area (TPSA) is 128 Å². The number of nitrogens with zero attached hydrogens (tertiary/aromatic N) is 1. The number of carboxylic acids is 1. The number of carbonyl (C=O) groups is 1. The number of carboxylic acid groups (broad SMARTS) is 1. The molecule has 1 aromatic heterocycles. The third-order valence-corrected chi connectivity index (χ3v) is 10.9. The largest absolute Gasteiger partial charge is 0.573 e. The molecule has 13 heteroatoms. The Balaban J connectivity index is 1.08. The van der Waals surface area contributed by atoms with Gasteiger partial charge in [-0.1, -0.05) is 41.6 Å². The summed E-state index contributed by atoms with van der Waals surface area (Å²) in [5.41, 5.74) is 1.06. The van der Waals surface area contributed by atoms with Gasteiger partial charge in [0.25, 0.3) is 0 Å². The number of alkyl halides is 3. The molecule has 2 unspecified atom stereocenters. The van der Waals surface area contributed by atoms with Crippen LogP contribution in [0.5, 0.6) is 5.75 Å². The Morgan fingerprint density at radius 2 is 1.63 bits per heavy atom. The highest BCUT2D eigenvalue weighted by Crippen LogP contribution is 2.47. The number of aromatic nitrogens is 1. The molecule has 3 aliphatic rings. The average Bonchev–Trinajstić information content (AvgIpc) is 3.73. The Hall–Kier alpha value is -3.94. The first-order valence-corrected chi connectivity index (χ1v) is 16.7. The maximum Gasteiger partial charge on any atom is 0.573 e. The van der Waals surface area contributed by atoms with Crippen LogP contribution in [0.1, 0.15) is 66.1 Å². The van der Waals surface area contributed by atoms with Crippen LogP contribution in [0.2, 0.25) is 0 Å². The Labute approximate surface area is 262 Å². The zero-order chi connectivity index (χ0) is 32.2. The van der Waals surface area contributed by atoms with E-state index in [4.69, 9.17) is 9.26 Å². The van der Waals surface area contributed by atoms with Crippen molar-refractivity contribution in [2.45, 2.75) is 74.5 Å². The fourth-order valence-electron chi connectivity index (χ4n) is 7.15. The van der Waals surface area contributed by atoms with E-state index in [0.29, 0.717) is 34.9 Å². The molecule has 0 spiro atoms. The van der Waals surface area contributed by atoms with Gasteiger partial charge in [0.05, 0.1) is 23.2 Å². The van der Waals surface area contributed by atoms with Gasteiger partial charge in [-0.3, -0.25) is 0 Å². The number of benzene rings is 3. The van der Waals surface area contributed by atoms with Crippen molar-refractivity contribution in [3.05, 3.63) is 77.6 Å². The van der Waals surface area contributed by atoms with E-state index in [2.05, 4.69) is 14.6 Å². The monoisotopic (exact) mass is 656 g/mol. The van der Waals surface area contributed by atoms with Crippen LogP contribution in [0.3, 0.4) is 0 Å². The quantitative estimate of drug-likeness (QED) is 0.186. The summed E-state index contributed by atoms with van der Waals surface area (Å²) < 4.78 is 86.0. The zero-order valence-electron chi connectivity index (χ0n) is 24.5. The minimum absolute atomic E-state index is 0.0221. The molecule has 3 fully saturated rings.